The highest BCUT2D eigenvalue weighted by atomic mass is 19.1. The maximum atomic E-state index is 13.2. The van der Waals surface area contributed by atoms with Gasteiger partial charge in [0.1, 0.15) is 0 Å². The third kappa shape index (κ3) is 2.57. The summed E-state index contributed by atoms with van der Waals surface area (Å²) in [6.07, 6.45) is 0.912. The van der Waals surface area contributed by atoms with E-state index in [1.54, 1.807) is 4.90 Å². The van der Waals surface area contributed by atoms with Gasteiger partial charge in [0.25, 0.3) is 5.91 Å². The lowest BCUT2D eigenvalue weighted by Crippen LogP contribution is -2.34. The Kier molecular flexibility index (Phi) is 3.50. The van der Waals surface area contributed by atoms with E-state index in [9.17, 15) is 19.3 Å². The minimum absolute atomic E-state index is 0.103. The number of likely N-dealkylation sites (tertiary alicyclic amines) is 1. The first-order valence-electron chi connectivity index (χ1n) is 6.15. The Hall–Kier alpha value is -1.98. The Morgan fingerprint density at radius 2 is 2.16 bits per heavy atom. The summed E-state index contributed by atoms with van der Waals surface area (Å²) >= 11 is 0. The van der Waals surface area contributed by atoms with Gasteiger partial charge in [-0.25, -0.2) is 0 Å². The number of hydrogen-bond acceptors (Lipinski definition) is 3. The maximum absolute atomic E-state index is 13.2. The summed E-state index contributed by atoms with van der Waals surface area (Å²) in [7, 11) is 0. The van der Waals surface area contributed by atoms with Crippen molar-refractivity contribution in [3.8, 4) is 0 Å². The van der Waals surface area contributed by atoms with Crippen molar-refractivity contribution >= 4 is 11.6 Å². The second-order valence-corrected chi connectivity index (χ2v) is 5.07. The van der Waals surface area contributed by atoms with Crippen molar-refractivity contribution in [3.63, 3.8) is 0 Å². The number of amides is 1. The molecule has 1 aromatic carbocycles. The first-order valence-corrected chi connectivity index (χ1v) is 6.15. The molecule has 1 amide bonds. The van der Waals surface area contributed by atoms with Crippen molar-refractivity contribution in [3.05, 3.63) is 39.7 Å². The number of nitro groups is 1. The van der Waals surface area contributed by atoms with E-state index in [0.29, 0.717) is 12.5 Å². The lowest BCUT2D eigenvalue weighted by Gasteiger charge is -2.21. The normalized spacial score (nSPS) is 22.6. The number of benzene rings is 1. The van der Waals surface area contributed by atoms with Gasteiger partial charge in [-0.05, 0) is 31.4 Å². The van der Waals surface area contributed by atoms with Crippen molar-refractivity contribution in [1.82, 2.24) is 4.90 Å². The molecule has 6 heteroatoms. The highest BCUT2D eigenvalue weighted by Gasteiger charge is 2.31. The van der Waals surface area contributed by atoms with Crippen LogP contribution in [0.2, 0.25) is 0 Å². The Labute approximate surface area is 110 Å². The van der Waals surface area contributed by atoms with E-state index in [0.717, 1.165) is 18.6 Å². The molecule has 2 atom stereocenters. The third-order valence-corrected chi connectivity index (χ3v) is 3.43. The van der Waals surface area contributed by atoms with Crippen molar-refractivity contribution in [2.45, 2.75) is 26.3 Å². The first kappa shape index (κ1) is 13.5. The van der Waals surface area contributed by atoms with Crippen LogP contribution in [0.4, 0.5) is 10.1 Å². The molecule has 0 aliphatic carbocycles. The number of nitro benzene ring substituents is 1. The molecule has 1 saturated heterocycles. The highest BCUT2D eigenvalue weighted by Crippen LogP contribution is 2.26. The van der Waals surface area contributed by atoms with Crippen LogP contribution in [-0.4, -0.2) is 28.3 Å². The van der Waals surface area contributed by atoms with E-state index in [4.69, 9.17) is 0 Å². The number of rotatable bonds is 2. The fraction of sp³-hybridized carbons (Fsp3) is 0.462. The molecule has 102 valence electrons. The van der Waals surface area contributed by atoms with Crippen LogP contribution in [0.5, 0.6) is 0 Å². The van der Waals surface area contributed by atoms with Gasteiger partial charge >= 0.3 is 5.69 Å². The average molecular weight is 266 g/mol. The predicted molar refractivity (Wildman–Crippen MR) is 67.3 cm³/mol. The zero-order valence-corrected chi connectivity index (χ0v) is 10.8. The maximum Gasteiger partial charge on any atom is 0.305 e. The number of carbonyl (C=O) groups excluding carboxylic acids is 1. The molecule has 0 spiro atoms. The summed E-state index contributed by atoms with van der Waals surface area (Å²) in [4.78, 5) is 23.8. The molecule has 0 aromatic heterocycles. The quantitative estimate of drug-likeness (QED) is 0.610. The van der Waals surface area contributed by atoms with Crippen LogP contribution in [0, 0.1) is 21.8 Å². The Bertz CT molecular complexity index is 533. The van der Waals surface area contributed by atoms with Crippen LogP contribution < -0.4 is 0 Å². The minimum Gasteiger partial charge on any atom is -0.336 e. The van der Waals surface area contributed by atoms with E-state index in [1.165, 1.54) is 6.07 Å². The molecule has 1 aliphatic heterocycles. The smallest absolute Gasteiger partial charge is 0.305 e. The second-order valence-electron chi connectivity index (χ2n) is 5.07. The molecule has 2 rings (SSSR count). The number of nitrogens with zero attached hydrogens (tertiary/aromatic N) is 2. The molecule has 0 N–H and O–H groups in total. The van der Waals surface area contributed by atoms with Crippen molar-refractivity contribution in [1.29, 1.82) is 0 Å². The number of halogens is 1. The fourth-order valence-electron chi connectivity index (χ4n) is 2.53. The molecule has 5 nitrogen and oxygen atoms in total. The van der Waals surface area contributed by atoms with Crippen molar-refractivity contribution in [2.24, 2.45) is 5.92 Å². The first-order chi connectivity index (χ1) is 8.90. The predicted octanol–water partition coefficient (Wildman–Crippen LogP) is 2.60. The van der Waals surface area contributed by atoms with Crippen LogP contribution in [-0.2, 0) is 0 Å². The number of carbonyl (C=O) groups is 1. The van der Waals surface area contributed by atoms with Gasteiger partial charge in [-0.15, -0.1) is 0 Å². The van der Waals surface area contributed by atoms with Crippen molar-refractivity contribution < 1.29 is 14.1 Å². The van der Waals surface area contributed by atoms with E-state index >= 15 is 0 Å². The Morgan fingerprint density at radius 3 is 2.68 bits per heavy atom. The van der Waals surface area contributed by atoms with Crippen molar-refractivity contribution in [2.75, 3.05) is 6.54 Å². The van der Waals surface area contributed by atoms with Crippen LogP contribution in [0.3, 0.4) is 0 Å². The SMILES string of the molecule is CC1CC(C)N(C(=O)c2ccc(F)c([N+](=O)[O-])c2)C1. The van der Waals surface area contributed by atoms with Gasteiger partial charge in [0.15, 0.2) is 0 Å². The summed E-state index contributed by atoms with van der Waals surface area (Å²) < 4.78 is 13.2. The second kappa shape index (κ2) is 4.95. The van der Waals surface area contributed by atoms with Gasteiger partial charge in [-0.3, -0.25) is 14.9 Å². The summed E-state index contributed by atoms with van der Waals surface area (Å²) in [5.74, 6) is -0.793. The van der Waals surface area contributed by atoms with Gasteiger partial charge in [-0.2, -0.15) is 4.39 Å². The Balaban J connectivity index is 2.29. The standard InChI is InChI=1S/C13H15FN2O3/c1-8-5-9(2)15(7-8)13(17)10-3-4-11(14)12(6-10)16(18)19/h3-4,6,8-9H,5,7H2,1-2H3. The highest BCUT2D eigenvalue weighted by molar-refractivity contribution is 5.95. The summed E-state index contributed by atoms with van der Waals surface area (Å²) in [6, 6.07) is 3.37. The van der Waals surface area contributed by atoms with Gasteiger partial charge in [-0.1, -0.05) is 6.92 Å². The molecular weight excluding hydrogens is 251 g/mol. The molecule has 1 fully saturated rings. The fourth-order valence-corrected chi connectivity index (χ4v) is 2.53. The zero-order chi connectivity index (χ0) is 14.2. The number of hydrogen-bond donors (Lipinski definition) is 0. The molecular formula is C13H15FN2O3. The summed E-state index contributed by atoms with van der Waals surface area (Å²) in [5.41, 5.74) is -0.500. The molecule has 0 radical (unpaired) electrons. The summed E-state index contributed by atoms with van der Waals surface area (Å²) in [6.45, 7) is 4.63. The minimum atomic E-state index is -0.926. The van der Waals surface area contributed by atoms with Crippen LogP contribution >= 0.6 is 0 Å². The van der Waals surface area contributed by atoms with Gasteiger partial charge in [0.2, 0.25) is 5.82 Å². The Morgan fingerprint density at radius 1 is 1.47 bits per heavy atom. The monoisotopic (exact) mass is 266 g/mol. The molecule has 1 aliphatic rings. The van der Waals surface area contributed by atoms with Gasteiger partial charge < -0.3 is 4.90 Å². The lowest BCUT2D eigenvalue weighted by molar-refractivity contribution is -0.387. The van der Waals surface area contributed by atoms with Crippen LogP contribution in [0.1, 0.15) is 30.6 Å². The van der Waals surface area contributed by atoms with E-state index in [1.807, 2.05) is 6.92 Å². The average Bonchev–Trinajstić information content (AvgIpc) is 2.68. The van der Waals surface area contributed by atoms with E-state index in [-0.39, 0.29) is 17.5 Å². The van der Waals surface area contributed by atoms with Crippen LogP contribution in [0.25, 0.3) is 0 Å². The van der Waals surface area contributed by atoms with Gasteiger partial charge in [0, 0.05) is 24.2 Å². The zero-order valence-electron chi connectivity index (χ0n) is 10.8. The van der Waals surface area contributed by atoms with Crippen LogP contribution in [0.15, 0.2) is 18.2 Å². The topological polar surface area (TPSA) is 63.5 Å². The van der Waals surface area contributed by atoms with E-state index < -0.39 is 16.4 Å². The third-order valence-electron chi connectivity index (χ3n) is 3.43. The molecule has 2 unspecified atom stereocenters. The molecule has 1 aromatic rings. The van der Waals surface area contributed by atoms with E-state index in [2.05, 4.69) is 6.92 Å². The molecule has 19 heavy (non-hydrogen) atoms. The molecule has 0 saturated carbocycles. The largest absolute Gasteiger partial charge is 0.336 e. The molecule has 1 heterocycles. The molecule has 0 bridgehead atoms. The summed E-state index contributed by atoms with van der Waals surface area (Å²) in [5, 5.41) is 10.7. The lowest BCUT2D eigenvalue weighted by atomic mass is 10.1. The van der Waals surface area contributed by atoms with Gasteiger partial charge in [0.05, 0.1) is 4.92 Å².